The molecule has 2 aromatic rings. The molecule has 2 fully saturated rings. The summed E-state index contributed by atoms with van der Waals surface area (Å²) in [4.78, 5) is 22.0. The SMILES string of the molecule is CN(c1cccnn1)C1CCN(C(=O)c2cnc(C3CC3)s2)CC1. The molecule has 4 rings (SSSR count). The first kappa shape index (κ1) is 15.5. The van der Waals surface area contributed by atoms with E-state index in [0.29, 0.717) is 12.0 Å². The van der Waals surface area contributed by atoms with Crippen LogP contribution >= 0.6 is 11.3 Å². The van der Waals surface area contributed by atoms with Crippen LogP contribution in [0.5, 0.6) is 0 Å². The second-order valence-electron chi connectivity index (χ2n) is 6.55. The van der Waals surface area contributed by atoms with E-state index in [1.54, 1.807) is 23.7 Å². The van der Waals surface area contributed by atoms with E-state index >= 15 is 0 Å². The zero-order chi connectivity index (χ0) is 16.5. The second-order valence-corrected chi connectivity index (χ2v) is 7.62. The molecule has 1 saturated carbocycles. The summed E-state index contributed by atoms with van der Waals surface area (Å²) in [6.45, 7) is 1.57. The summed E-state index contributed by atoms with van der Waals surface area (Å²) in [5, 5.41) is 9.25. The van der Waals surface area contributed by atoms with E-state index in [9.17, 15) is 4.79 Å². The fraction of sp³-hybridized carbons (Fsp3) is 0.529. The number of carbonyl (C=O) groups excluding carboxylic acids is 1. The average molecular weight is 343 g/mol. The monoisotopic (exact) mass is 343 g/mol. The zero-order valence-electron chi connectivity index (χ0n) is 13.8. The van der Waals surface area contributed by atoms with E-state index in [2.05, 4.69) is 27.1 Å². The molecule has 1 amide bonds. The molecule has 2 aliphatic rings. The lowest BCUT2D eigenvalue weighted by atomic mass is 10.0. The third-order valence-corrected chi connectivity index (χ3v) is 6.03. The highest BCUT2D eigenvalue weighted by Crippen LogP contribution is 2.41. The van der Waals surface area contributed by atoms with Crippen LogP contribution in [0.4, 0.5) is 5.82 Å². The van der Waals surface area contributed by atoms with Gasteiger partial charge in [0.15, 0.2) is 5.82 Å². The maximum absolute atomic E-state index is 12.7. The molecule has 0 N–H and O–H groups in total. The summed E-state index contributed by atoms with van der Waals surface area (Å²) >= 11 is 1.58. The van der Waals surface area contributed by atoms with Crippen LogP contribution in [-0.4, -0.2) is 52.2 Å². The number of aromatic nitrogens is 3. The van der Waals surface area contributed by atoms with Gasteiger partial charge in [-0.3, -0.25) is 4.79 Å². The lowest BCUT2D eigenvalue weighted by molar-refractivity contribution is 0.0718. The van der Waals surface area contributed by atoms with Crippen molar-refractivity contribution in [3.05, 3.63) is 34.4 Å². The van der Waals surface area contributed by atoms with Crippen molar-refractivity contribution in [3.63, 3.8) is 0 Å². The first-order chi connectivity index (χ1) is 11.7. The number of nitrogens with zero attached hydrogens (tertiary/aromatic N) is 5. The van der Waals surface area contributed by atoms with Gasteiger partial charge in [-0.15, -0.1) is 16.4 Å². The molecule has 3 heterocycles. The number of likely N-dealkylation sites (tertiary alicyclic amines) is 1. The molecule has 24 heavy (non-hydrogen) atoms. The predicted octanol–water partition coefficient (Wildman–Crippen LogP) is 2.55. The van der Waals surface area contributed by atoms with E-state index in [1.165, 1.54) is 12.8 Å². The van der Waals surface area contributed by atoms with Crippen molar-refractivity contribution in [1.82, 2.24) is 20.1 Å². The minimum absolute atomic E-state index is 0.139. The Balaban J connectivity index is 1.36. The molecule has 1 saturated heterocycles. The fourth-order valence-electron chi connectivity index (χ4n) is 3.19. The van der Waals surface area contributed by atoms with E-state index < -0.39 is 0 Å². The summed E-state index contributed by atoms with van der Waals surface area (Å²) in [5.74, 6) is 1.64. The highest BCUT2D eigenvalue weighted by Gasteiger charge is 2.30. The molecular formula is C17H21N5OS. The Kier molecular flexibility index (Phi) is 4.18. The van der Waals surface area contributed by atoms with Crippen LogP contribution in [0.1, 0.15) is 46.3 Å². The smallest absolute Gasteiger partial charge is 0.265 e. The maximum atomic E-state index is 12.7. The van der Waals surface area contributed by atoms with Gasteiger partial charge >= 0.3 is 0 Å². The van der Waals surface area contributed by atoms with Gasteiger partial charge in [-0.05, 0) is 37.8 Å². The van der Waals surface area contributed by atoms with Gasteiger partial charge in [0.1, 0.15) is 4.88 Å². The molecule has 7 heteroatoms. The van der Waals surface area contributed by atoms with Gasteiger partial charge < -0.3 is 9.80 Å². The van der Waals surface area contributed by atoms with Crippen molar-refractivity contribution < 1.29 is 4.79 Å². The fourth-order valence-corrected chi connectivity index (χ4v) is 4.24. The minimum Gasteiger partial charge on any atom is -0.355 e. The number of hydrogen-bond acceptors (Lipinski definition) is 6. The summed E-state index contributed by atoms with van der Waals surface area (Å²) in [6, 6.07) is 4.27. The molecule has 2 aromatic heterocycles. The van der Waals surface area contributed by atoms with Crippen molar-refractivity contribution in [2.75, 3.05) is 25.0 Å². The molecule has 0 radical (unpaired) electrons. The Hall–Kier alpha value is -2.02. The van der Waals surface area contributed by atoms with Crippen molar-refractivity contribution in [2.45, 2.75) is 37.6 Å². The Bertz CT molecular complexity index is 707. The summed E-state index contributed by atoms with van der Waals surface area (Å²) in [7, 11) is 2.05. The minimum atomic E-state index is 0.139. The van der Waals surface area contributed by atoms with Crippen LogP contribution in [0.2, 0.25) is 0 Å². The van der Waals surface area contributed by atoms with Crippen molar-refractivity contribution in [3.8, 4) is 0 Å². The number of rotatable bonds is 4. The summed E-state index contributed by atoms with van der Waals surface area (Å²) < 4.78 is 0. The predicted molar refractivity (Wildman–Crippen MR) is 93.4 cm³/mol. The van der Waals surface area contributed by atoms with Gasteiger partial charge in [-0.25, -0.2) is 4.98 Å². The lowest BCUT2D eigenvalue weighted by Gasteiger charge is -2.36. The number of piperidine rings is 1. The zero-order valence-corrected chi connectivity index (χ0v) is 14.6. The first-order valence-corrected chi connectivity index (χ1v) is 9.29. The van der Waals surface area contributed by atoms with Crippen LogP contribution in [0.3, 0.4) is 0 Å². The van der Waals surface area contributed by atoms with Gasteiger partial charge in [-0.1, -0.05) is 0 Å². The molecular weight excluding hydrogens is 322 g/mol. The van der Waals surface area contributed by atoms with E-state index in [-0.39, 0.29) is 5.91 Å². The average Bonchev–Trinajstić information content (AvgIpc) is 3.38. The van der Waals surface area contributed by atoms with E-state index in [4.69, 9.17) is 0 Å². The molecule has 0 spiro atoms. The highest BCUT2D eigenvalue weighted by molar-refractivity contribution is 7.13. The normalized spacial score (nSPS) is 18.6. The van der Waals surface area contributed by atoms with Gasteiger partial charge in [0.05, 0.1) is 11.2 Å². The Morgan fingerprint density at radius 3 is 2.75 bits per heavy atom. The van der Waals surface area contributed by atoms with Gasteiger partial charge in [0.2, 0.25) is 0 Å². The molecule has 1 aliphatic carbocycles. The number of amides is 1. The number of carbonyl (C=O) groups is 1. The molecule has 6 nitrogen and oxygen atoms in total. The van der Waals surface area contributed by atoms with Crippen LogP contribution in [-0.2, 0) is 0 Å². The third-order valence-electron chi connectivity index (χ3n) is 4.88. The first-order valence-electron chi connectivity index (χ1n) is 8.48. The largest absolute Gasteiger partial charge is 0.355 e. The van der Waals surface area contributed by atoms with E-state index in [0.717, 1.165) is 41.6 Å². The van der Waals surface area contributed by atoms with Crippen LogP contribution in [0.15, 0.2) is 24.5 Å². The lowest BCUT2D eigenvalue weighted by Crippen LogP contribution is -2.45. The standard InChI is InChI=1S/C17H21N5OS/c1-21(15-3-2-8-19-20-15)13-6-9-22(10-7-13)17(23)14-11-18-16(24-14)12-4-5-12/h2-3,8,11-13H,4-7,9-10H2,1H3. The Morgan fingerprint density at radius 2 is 2.08 bits per heavy atom. The number of thiazole rings is 1. The van der Waals surface area contributed by atoms with Crippen LogP contribution in [0, 0.1) is 0 Å². The topological polar surface area (TPSA) is 62.2 Å². The number of anilines is 1. The molecule has 1 aliphatic heterocycles. The quantitative estimate of drug-likeness (QED) is 0.854. The van der Waals surface area contributed by atoms with Crippen LogP contribution < -0.4 is 4.90 Å². The van der Waals surface area contributed by atoms with Crippen molar-refractivity contribution in [2.24, 2.45) is 0 Å². The molecule has 0 bridgehead atoms. The Morgan fingerprint density at radius 1 is 1.29 bits per heavy atom. The molecule has 0 unspecified atom stereocenters. The third kappa shape index (κ3) is 3.13. The van der Waals surface area contributed by atoms with Gasteiger partial charge in [0, 0.05) is 38.3 Å². The van der Waals surface area contributed by atoms with Gasteiger partial charge in [-0.2, -0.15) is 5.10 Å². The molecule has 126 valence electrons. The summed E-state index contributed by atoms with van der Waals surface area (Å²) in [5.41, 5.74) is 0. The van der Waals surface area contributed by atoms with Gasteiger partial charge in [0.25, 0.3) is 5.91 Å². The summed E-state index contributed by atoms with van der Waals surface area (Å²) in [6.07, 6.45) is 7.80. The maximum Gasteiger partial charge on any atom is 0.265 e. The molecule has 0 aromatic carbocycles. The highest BCUT2D eigenvalue weighted by atomic mass is 32.1. The number of hydrogen-bond donors (Lipinski definition) is 0. The van der Waals surface area contributed by atoms with E-state index in [1.807, 2.05) is 17.0 Å². The second kappa shape index (κ2) is 6.47. The van der Waals surface area contributed by atoms with Crippen molar-refractivity contribution in [1.29, 1.82) is 0 Å². The molecule has 0 atom stereocenters. The Labute approximate surface area is 145 Å². The van der Waals surface area contributed by atoms with Crippen LogP contribution in [0.25, 0.3) is 0 Å². The van der Waals surface area contributed by atoms with Crippen molar-refractivity contribution >= 4 is 23.1 Å².